The van der Waals surface area contributed by atoms with Crippen LogP contribution in [0.2, 0.25) is 0 Å². The molecular formula is C14H30N2. The van der Waals surface area contributed by atoms with Gasteiger partial charge in [-0.25, -0.2) is 0 Å². The molecule has 0 amide bonds. The van der Waals surface area contributed by atoms with Crippen molar-refractivity contribution in [2.75, 3.05) is 33.2 Å². The van der Waals surface area contributed by atoms with Gasteiger partial charge >= 0.3 is 0 Å². The predicted octanol–water partition coefficient (Wildman–Crippen LogP) is 2.84. The van der Waals surface area contributed by atoms with Gasteiger partial charge in [-0.1, -0.05) is 20.8 Å². The lowest BCUT2D eigenvalue weighted by Gasteiger charge is -2.41. The molecule has 0 aromatic heterocycles. The van der Waals surface area contributed by atoms with Gasteiger partial charge in [-0.2, -0.15) is 0 Å². The topological polar surface area (TPSA) is 6.48 Å². The summed E-state index contributed by atoms with van der Waals surface area (Å²) < 4.78 is 0. The summed E-state index contributed by atoms with van der Waals surface area (Å²) >= 11 is 0. The molecule has 16 heavy (non-hydrogen) atoms. The second-order valence-electron chi connectivity index (χ2n) is 5.28. The van der Waals surface area contributed by atoms with E-state index in [1.807, 2.05) is 13.8 Å². The van der Waals surface area contributed by atoms with E-state index < -0.39 is 0 Å². The molecule has 1 unspecified atom stereocenters. The van der Waals surface area contributed by atoms with E-state index in [1.54, 1.807) is 0 Å². The van der Waals surface area contributed by atoms with Crippen molar-refractivity contribution in [2.45, 2.75) is 52.5 Å². The van der Waals surface area contributed by atoms with E-state index in [-0.39, 0.29) is 0 Å². The lowest BCUT2D eigenvalue weighted by Crippen LogP contribution is -2.49. The average molecular weight is 226 g/mol. The van der Waals surface area contributed by atoms with Crippen molar-refractivity contribution in [1.82, 2.24) is 9.80 Å². The Morgan fingerprint density at radius 3 is 2.12 bits per heavy atom. The fourth-order valence-corrected chi connectivity index (χ4v) is 2.83. The van der Waals surface area contributed by atoms with Crippen LogP contribution in [0, 0.1) is 5.92 Å². The molecule has 0 N–H and O–H groups in total. The maximum Gasteiger partial charge on any atom is 0.0223 e. The number of hydrogen-bond donors (Lipinski definition) is 0. The number of piperidine rings is 2. The van der Waals surface area contributed by atoms with Gasteiger partial charge < -0.3 is 4.90 Å². The highest BCUT2D eigenvalue weighted by Crippen LogP contribution is 2.22. The molecule has 0 radical (unpaired) electrons. The van der Waals surface area contributed by atoms with Crippen LogP contribution in [-0.4, -0.2) is 49.1 Å². The van der Waals surface area contributed by atoms with E-state index in [0.717, 1.165) is 12.0 Å². The van der Waals surface area contributed by atoms with Gasteiger partial charge in [0.15, 0.2) is 0 Å². The van der Waals surface area contributed by atoms with Crippen LogP contribution in [0.3, 0.4) is 0 Å². The van der Waals surface area contributed by atoms with E-state index in [0.29, 0.717) is 0 Å². The Kier molecular flexibility index (Phi) is 6.37. The Hall–Kier alpha value is -0.0800. The predicted molar refractivity (Wildman–Crippen MR) is 71.8 cm³/mol. The molecule has 0 aromatic carbocycles. The normalized spacial score (nSPS) is 29.6. The maximum absolute atomic E-state index is 2.73. The van der Waals surface area contributed by atoms with Crippen molar-refractivity contribution in [3.8, 4) is 0 Å². The molecule has 2 nitrogen and oxygen atoms in total. The Bertz CT molecular complexity index is 174. The molecule has 2 heterocycles. The minimum absolute atomic E-state index is 0.862. The lowest BCUT2D eigenvalue weighted by molar-refractivity contribution is 0.0817. The van der Waals surface area contributed by atoms with Gasteiger partial charge in [-0.3, -0.25) is 4.90 Å². The summed E-state index contributed by atoms with van der Waals surface area (Å²) in [6.07, 6.45) is 5.66. The van der Waals surface area contributed by atoms with Crippen molar-refractivity contribution >= 4 is 0 Å². The number of nitrogens with zero attached hydrogens (tertiary/aromatic N) is 2. The first-order valence-electron chi connectivity index (χ1n) is 7.18. The molecule has 0 bridgehead atoms. The van der Waals surface area contributed by atoms with Crippen LogP contribution in [0.25, 0.3) is 0 Å². The zero-order valence-electron chi connectivity index (χ0n) is 11.7. The number of rotatable bonds is 1. The first-order chi connectivity index (χ1) is 7.75. The monoisotopic (exact) mass is 226 g/mol. The quantitative estimate of drug-likeness (QED) is 0.678. The van der Waals surface area contributed by atoms with Crippen molar-refractivity contribution in [3.05, 3.63) is 0 Å². The van der Waals surface area contributed by atoms with Crippen molar-refractivity contribution in [3.63, 3.8) is 0 Å². The standard InChI is InChI=1S/C12H24N2.C2H6/c1-11-5-8-14(9-6-11)12-4-3-7-13(2)10-12;1-2/h11-12H,3-10H2,1-2H3;1-2H3. The molecule has 2 saturated heterocycles. The smallest absolute Gasteiger partial charge is 0.0223 e. The number of hydrogen-bond acceptors (Lipinski definition) is 2. The lowest BCUT2D eigenvalue weighted by atomic mass is 9.95. The molecule has 0 aromatic rings. The molecule has 0 saturated carbocycles. The van der Waals surface area contributed by atoms with Crippen molar-refractivity contribution in [1.29, 1.82) is 0 Å². The van der Waals surface area contributed by atoms with Crippen molar-refractivity contribution in [2.24, 2.45) is 5.92 Å². The third-order valence-corrected chi connectivity index (χ3v) is 3.93. The van der Waals surface area contributed by atoms with Crippen LogP contribution in [0.5, 0.6) is 0 Å². The first-order valence-corrected chi connectivity index (χ1v) is 7.18. The average Bonchev–Trinajstić information content (AvgIpc) is 2.32. The summed E-state index contributed by atoms with van der Waals surface area (Å²) in [5.74, 6) is 0.965. The van der Waals surface area contributed by atoms with Crippen LogP contribution in [0.4, 0.5) is 0 Å². The summed E-state index contributed by atoms with van der Waals surface area (Å²) in [5.41, 5.74) is 0. The van der Waals surface area contributed by atoms with E-state index >= 15 is 0 Å². The zero-order chi connectivity index (χ0) is 12.0. The Labute approximate surface area is 102 Å². The molecule has 0 spiro atoms. The van der Waals surface area contributed by atoms with Crippen LogP contribution in [0.15, 0.2) is 0 Å². The summed E-state index contributed by atoms with van der Waals surface area (Å²) in [6, 6.07) is 0.862. The van der Waals surface area contributed by atoms with Crippen LogP contribution < -0.4 is 0 Å². The molecule has 1 atom stereocenters. The molecule has 2 aliphatic heterocycles. The minimum Gasteiger partial charge on any atom is -0.305 e. The van der Waals surface area contributed by atoms with Crippen molar-refractivity contribution < 1.29 is 0 Å². The van der Waals surface area contributed by atoms with Gasteiger partial charge in [0.1, 0.15) is 0 Å². The highest BCUT2D eigenvalue weighted by molar-refractivity contribution is 4.82. The molecule has 2 aliphatic rings. The molecule has 96 valence electrons. The first kappa shape index (κ1) is 14.0. The fourth-order valence-electron chi connectivity index (χ4n) is 2.83. The SMILES string of the molecule is CC.CC1CCN(C2CCCN(C)C2)CC1. The Morgan fingerprint density at radius 1 is 0.938 bits per heavy atom. The molecule has 2 rings (SSSR count). The molecule has 0 aliphatic carbocycles. The molecule has 2 heteroatoms. The fraction of sp³-hybridized carbons (Fsp3) is 1.00. The second kappa shape index (κ2) is 7.29. The molecular weight excluding hydrogens is 196 g/mol. The largest absolute Gasteiger partial charge is 0.305 e. The number of likely N-dealkylation sites (N-methyl/N-ethyl adjacent to an activating group) is 1. The second-order valence-corrected chi connectivity index (χ2v) is 5.28. The third kappa shape index (κ3) is 4.06. The summed E-state index contributed by atoms with van der Waals surface area (Å²) in [7, 11) is 2.26. The van der Waals surface area contributed by atoms with Gasteiger partial charge in [0, 0.05) is 12.6 Å². The maximum atomic E-state index is 2.73. The highest BCUT2D eigenvalue weighted by atomic mass is 15.2. The summed E-state index contributed by atoms with van der Waals surface area (Å²) in [5, 5.41) is 0. The van der Waals surface area contributed by atoms with E-state index in [2.05, 4.69) is 23.8 Å². The highest BCUT2D eigenvalue weighted by Gasteiger charge is 2.26. The summed E-state index contributed by atoms with van der Waals surface area (Å²) in [6.45, 7) is 11.7. The van der Waals surface area contributed by atoms with Gasteiger partial charge in [-0.05, 0) is 58.3 Å². The number of likely N-dealkylation sites (tertiary alicyclic amines) is 2. The minimum atomic E-state index is 0.862. The van der Waals surface area contributed by atoms with Gasteiger partial charge in [0.25, 0.3) is 0 Å². The van der Waals surface area contributed by atoms with Gasteiger partial charge in [0.05, 0.1) is 0 Å². The van der Waals surface area contributed by atoms with E-state index in [4.69, 9.17) is 0 Å². The van der Waals surface area contributed by atoms with E-state index in [9.17, 15) is 0 Å². The zero-order valence-corrected chi connectivity index (χ0v) is 11.7. The van der Waals surface area contributed by atoms with E-state index in [1.165, 1.54) is 51.9 Å². The van der Waals surface area contributed by atoms with Crippen LogP contribution >= 0.6 is 0 Å². The Balaban J connectivity index is 0.000000606. The van der Waals surface area contributed by atoms with Crippen LogP contribution in [-0.2, 0) is 0 Å². The Morgan fingerprint density at radius 2 is 1.56 bits per heavy atom. The third-order valence-electron chi connectivity index (χ3n) is 3.93. The summed E-state index contributed by atoms with van der Waals surface area (Å²) in [4.78, 5) is 5.22. The molecule has 2 fully saturated rings. The van der Waals surface area contributed by atoms with Crippen LogP contribution in [0.1, 0.15) is 46.5 Å². The van der Waals surface area contributed by atoms with Gasteiger partial charge in [-0.15, -0.1) is 0 Å². The van der Waals surface area contributed by atoms with Gasteiger partial charge in [0.2, 0.25) is 0 Å².